The van der Waals surface area contributed by atoms with E-state index in [1.54, 1.807) is 6.07 Å². The summed E-state index contributed by atoms with van der Waals surface area (Å²) < 4.78 is 18.5. The van der Waals surface area contributed by atoms with Crippen LogP contribution < -0.4 is 11.1 Å². The molecule has 1 aromatic carbocycles. The van der Waals surface area contributed by atoms with Crippen molar-refractivity contribution in [1.29, 1.82) is 0 Å². The van der Waals surface area contributed by atoms with Crippen LogP contribution in [0.5, 0.6) is 0 Å². The molecule has 1 unspecified atom stereocenters. The topological polar surface area (TPSA) is 64.3 Å². The maximum absolute atomic E-state index is 13.2. The van der Waals surface area contributed by atoms with E-state index in [1.807, 2.05) is 0 Å². The largest absolute Gasteiger partial charge is 0.396 e. The summed E-state index contributed by atoms with van der Waals surface area (Å²) in [4.78, 5) is 11.8. The third-order valence-electron chi connectivity index (χ3n) is 2.74. The molecular weight excluding hydrogens is 223 g/mol. The highest BCUT2D eigenvalue weighted by Crippen LogP contribution is 2.18. The number of rotatable bonds is 2. The fourth-order valence-corrected chi connectivity index (χ4v) is 1.78. The zero-order valence-electron chi connectivity index (χ0n) is 9.41. The Morgan fingerprint density at radius 2 is 2.29 bits per heavy atom. The Bertz CT molecular complexity index is 417. The summed E-state index contributed by atoms with van der Waals surface area (Å²) in [5.74, 6) is -0.763. The van der Waals surface area contributed by atoms with Gasteiger partial charge in [0.2, 0.25) is 0 Å². The molecule has 5 heteroatoms. The molecule has 1 amide bonds. The molecule has 0 aliphatic carbocycles. The van der Waals surface area contributed by atoms with Gasteiger partial charge >= 0.3 is 0 Å². The number of nitrogens with two attached hydrogens (primary N) is 1. The number of nitrogens with one attached hydrogen (secondary N) is 1. The van der Waals surface area contributed by atoms with Gasteiger partial charge in [-0.25, -0.2) is 4.39 Å². The number of hydrogen-bond donors (Lipinski definition) is 2. The number of benzene rings is 1. The second-order valence-electron chi connectivity index (χ2n) is 4.08. The number of amides is 1. The molecule has 1 aliphatic heterocycles. The average molecular weight is 238 g/mol. The van der Waals surface area contributed by atoms with E-state index in [1.165, 1.54) is 12.1 Å². The Balaban J connectivity index is 1.99. The lowest BCUT2D eigenvalue weighted by molar-refractivity contribution is -0.129. The third kappa shape index (κ3) is 2.94. The van der Waals surface area contributed by atoms with E-state index in [2.05, 4.69) is 5.32 Å². The normalized spacial score (nSPS) is 19.9. The zero-order valence-corrected chi connectivity index (χ0v) is 9.41. The van der Waals surface area contributed by atoms with Crippen molar-refractivity contribution in [3.05, 3.63) is 24.0 Å². The van der Waals surface area contributed by atoms with Gasteiger partial charge in [0.05, 0.1) is 5.69 Å². The standard InChI is InChI=1S/C12H15FN2O2/c13-9-7-8(4-5-10(9)14)15-12(16)11-3-1-2-6-17-11/h4-5,7,11H,1-3,6,14H2,(H,15,16). The zero-order chi connectivity index (χ0) is 12.3. The van der Waals surface area contributed by atoms with Crippen LogP contribution in [-0.2, 0) is 9.53 Å². The highest BCUT2D eigenvalue weighted by molar-refractivity contribution is 5.94. The fourth-order valence-electron chi connectivity index (χ4n) is 1.78. The Morgan fingerprint density at radius 1 is 1.47 bits per heavy atom. The lowest BCUT2D eigenvalue weighted by Crippen LogP contribution is -2.33. The predicted molar refractivity (Wildman–Crippen MR) is 63.0 cm³/mol. The molecule has 2 rings (SSSR count). The van der Waals surface area contributed by atoms with Crippen LogP contribution in [0.4, 0.5) is 15.8 Å². The van der Waals surface area contributed by atoms with Crippen molar-refractivity contribution in [2.24, 2.45) is 0 Å². The van der Waals surface area contributed by atoms with E-state index >= 15 is 0 Å². The van der Waals surface area contributed by atoms with E-state index < -0.39 is 11.9 Å². The molecule has 1 fully saturated rings. The number of carbonyl (C=O) groups is 1. The maximum atomic E-state index is 13.2. The molecular formula is C12H15FN2O2. The van der Waals surface area contributed by atoms with Gasteiger partial charge in [-0.1, -0.05) is 0 Å². The summed E-state index contributed by atoms with van der Waals surface area (Å²) in [6, 6.07) is 4.20. The first-order chi connectivity index (χ1) is 8.16. The van der Waals surface area contributed by atoms with Crippen molar-refractivity contribution in [1.82, 2.24) is 0 Å². The Morgan fingerprint density at radius 3 is 2.94 bits per heavy atom. The minimum atomic E-state index is -0.535. The van der Waals surface area contributed by atoms with Gasteiger partial charge < -0.3 is 15.8 Å². The lowest BCUT2D eigenvalue weighted by Gasteiger charge is -2.21. The monoisotopic (exact) mass is 238 g/mol. The van der Waals surface area contributed by atoms with Gasteiger partial charge in [0, 0.05) is 12.3 Å². The summed E-state index contributed by atoms with van der Waals surface area (Å²) in [5.41, 5.74) is 5.82. The van der Waals surface area contributed by atoms with Gasteiger partial charge in [0.15, 0.2) is 0 Å². The Labute approximate surface area is 98.9 Å². The molecule has 1 heterocycles. The third-order valence-corrected chi connectivity index (χ3v) is 2.74. The maximum Gasteiger partial charge on any atom is 0.253 e. The SMILES string of the molecule is Nc1ccc(NC(=O)C2CCCCO2)cc1F. The highest BCUT2D eigenvalue weighted by Gasteiger charge is 2.21. The van der Waals surface area contributed by atoms with Crippen LogP contribution in [0.15, 0.2) is 18.2 Å². The summed E-state index contributed by atoms with van der Waals surface area (Å²) in [6.45, 7) is 0.605. The van der Waals surface area contributed by atoms with E-state index in [0.29, 0.717) is 18.7 Å². The molecule has 92 valence electrons. The van der Waals surface area contributed by atoms with E-state index in [-0.39, 0.29) is 11.6 Å². The van der Waals surface area contributed by atoms with Crippen LogP contribution in [-0.4, -0.2) is 18.6 Å². The fraction of sp³-hybridized carbons (Fsp3) is 0.417. The van der Waals surface area contributed by atoms with E-state index in [9.17, 15) is 9.18 Å². The molecule has 0 aromatic heterocycles. The van der Waals surface area contributed by atoms with Crippen LogP contribution in [0.1, 0.15) is 19.3 Å². The minimum Gasteiger partial charge on any atom is -0.396 e. The number of anilines is 2. The second-order valence-corrected chi connectivity index (χ2v) is 4.08. The van der Waals surface area contributed by atoms with Crippen LogP contribution in [0.25, 0.3) is 0 Å². The van der Waals surface area contributed by atoms with Crippen molar-refractivity contribution < 1.29 is 13.9 Å². The lowest BCUT2D eigenvalue weighted by atomic mass is 10.1. The molecule has 4 nitrogen and oxygen atoms in total. The molecule has 0 saturated carbocycles. The first kappa shape index (κ1) is 11.9. The summed E-state index contributed by atoms with van der Waals surface area (Å²) in [5, 5.41) is 2.62. The average Bonchev–Trinajstić information content (AvgIpc) is 2.35. The van der Waals surface area contributed by atoms with Crippen molar-refractivity contribution in [3.63, 3.8) is 0 Å². The summed E-state index contributed by atoms with van der Waals surface area (Å²) >= 11 is 0. The molecule has 1 aliphatic rings. The Kier molecular flexibility index (Phi) is 3.58. The highest BCUT2D eigenvalue weighted by atomic mass is 19.1. The van der Waals surface area contributed by atoms with Gasteiger partial charge in [-0.05, 0) is 37.5 Å². The van der Waals surface area contributed by atoms with Gasteiger partial charge in [-0.3, -0.25) is 4.79 Å². The minimum absolute atomic E-state index is 0.0666. The molecule has 0 radical (unpaired) electrons. The predicted octanol–water partition coefficient (Wildman–Crippen LogP) is 1.92. The van der Waals surface area contributed by atoms with Crippen LogP contribution >= 0.6 is 0 Å². The molecule has 1 atom stereocenters. The number of ether oxygens (including phenoxy) is 1. The number of halogens is 1. The first-order valence-corrected chi connectivity index (χ1v) is 5.64. The van der Waals surface area contributed by atoms with E-state index in [0.717, 1.165) is 12.8 Å². The molecule has 1 saturated heterocycles. The smallest absolute Gasteiger partial charge is 0.253 e. The number of hydrogen-bond acceptors (Lipinski definition) is 3. The van der Waals surface area contributed by atoms with Crippen molar-refractivity contribution in [2.45, 2.75) is 25.4 Å². The summed E-state index contributed by atoms with van der Waals surface area (Å²) in [6.07, 6.45) is 2.25. The molecule has 3 N–H and O–H groups in total. The Hall–Kier alpha value is -1.62. The van der Waals surface area contributed by atoms with Crippen LogP contribution in [0.2, 0.25) is 0 Å². The van der Waals surface area contributed by atoms with Crippen molar-refractivity contribution in [3.8, 4) is 0 Å². The second kappa shape index (κ2) is 5.14. The van der Waals surface area contributed by atoms with Gasteiger partial charge in [0.25, 0.3) is 5.91 Å². The van der Waals surface area contributed by atoms with Crippen molar-refractivity contribution in [2.75, 3.05) is 17.7 Å². The molecule has 0 bridgehead atoms. The van der Waals surface area contributed by atoms with Crippen LogP contribution in [0, 0.1) is 5.82 Å². The van der Waals surface area contributed by atoms with Crippen LogP contribution in [0.3, 0.4) is 0 Å². The van der Waals surface area contributed by atoms with Crippen molar-refractivity contribution >= 4 is 17.3 Å². The van der Waals surface area contributed by atoms with Gasteiger partial charge in [0.1, 0.15) is 11.9 Å². The van der Waals surface area contributed by atoms with E-state index in [4.69, 9.17) is 10.5 Å². The molecule has 1 aromatic rings. The quantitative estimate of drug-likeness (QED) is 0.773. The van der Waals surface area contributed by atoms with Gasteiger partial charge in [-0.2, -0.15) is 0 Å². The molecule has 0 spiro atoms. The number of carbonyl (C=O) groups excluding carboxylic acids is 1. The molecule has 17 heavy (non-hydrogen) atoms. The number of nitrogen functional groups attached to an aromatic ring is 1. The summed E-state index contributed by atoms with van der Waals surface area (Å²) in [7, 11) is 0. The first-order valence-electron chi connectivity index (χ1n) is 5.64. The van der Waals surface area contributed by atoms with Gasteiger partial charge in [-0.15, -0.1) is 0 Å².